The number of thiophene rings is 1. The highest BCUT2D eigenvalue weighted by Gasteiger charge is 2.23. The van der Waals surface area contributed by atoms with E-state index in [1.807, 2.05) is 10.3 Å². The minimum absolute atomic E-state index is 0.0721. The Morgan fingerprint density at radius 2 is 2.13 bits per heavy atom. The van der Waals surface area contributed by atoms with Gasteiger partial charge in [0.2, 0.25) is 5.91 Å². The van der Waals surface area contributed by atoms with Gasteiger partial charge < -0.3 is 5.32 Å². The summed E-state index contributed by atoms with van der Waals surface area (Å²) in [6, 6.07) is 7.61. The van der Waals surface area contributed by atoms with Crippen molar-refractivity contribution in [2.75, 3.05) is 23.7 Å². The van der Waals surface area contributed by atoms with Gasteiger partial charge >= 0.3 is 0 Å². The van der Waals surface area contributed by atoms with E-state index in [-0.39, 0.29) is 24.0 Å². The number of nitrogens with one attached hydrogen (secondary N) is 2. The first-order valence-corrected chi connectivity index (χ1v) is 10.8. The number of benzene rings is 1. The Labute approximate surface area is 179 Å². The summed E-state index contributed by atoms with van der Waals surface area (Å²) in [5.74, 6) is -0.426. The Bertz CT molecular complexity index is 1100. The molecule has 3 heterocycles. The monoisotopic (exact) mass is 443 g/mol. The second-order valence-electron chi connectivity index (χ2n) is 6.67. The Morgan fingerprint density at radius 3 is 2.90 bits per heavy atom. The van der Waals surface area contributed by atoms with Crippen molar-refractivity contribution >= 4 is 51.0 Å². The molecule has 30 heavy (non-hydrogen) atoms. The van der Waals surface area contributed by atoms with Crippen LogP contribution in [0.4, 0.5) is 16.5 Å². The van der Waals surface area contributed by atoms with Gasteiger partial charge in [-0.15, -0.1) is 11.3 Å². The van der Waals surface area contributed by atoms with E-state index in [0.29, 0.717) is 35.9 Å². The molecule has 1 aliphatic rings. The summed E-state index contributed by atoms with van der Waals surface area (Å²) >= 11 is 2.87. The third-order valence-corrected chi connectivity index (χ3v) is 6.20. The Hall–Kier alpha value is -3.15. The van der Waals surface area contributed by atoms with Crippen LogP contribution in [0, 0.1) is 10.1 Å². The van der Waals surface area contributed by atoms with Crippen molar-refractivity contribution in [1.82, 2.24) is 9.88 Å². The topological polar surface area (TPSA) is 117 Å². The fourth-order valence-electron chi connectivity index (χ4n) is 3.10. The van der Waals surface area contributed by atoms with E-state index in [9.17, 15) is 19.7 Å². The highest BCUT2D eigenvalue weighted by molar-refractivity contribution is 7.16. The molecule has 2 amide bonds. The lowest BCUT2D eigenvalue weighted by Crippen LogP contribution is -2.36. The molecule has 2 aromatic heterocycles. The standard InChI is InChI=1S/C19H17N5O4S2/c25-17(20-13-2-1-3-14(8-13)24(27)28)10-23-6-4-15-16(9-23)30-19(21-15)22-18(26)12-5-7-29-11-12/h1-3,5,7-8,11H,4,6,9-10H2,(H,20,25)(H,21,22,26). The van der Waals surface area contributed by atoms with Gasteiger partial charge in [0.1, 0.15) is 0 Å². The fraction of sp³-hybridized carbons (Fsp3) is 0.211. The number of non-ortho nitro benzene ring substituents is 1. The Balaban J connectivity index is 1.34. The van der Waals surface area contributed by atoms with E-state index in [0.717, 1.165) is 10.6 Å². The number of hydrogen-bond donors (Lipinski definition) is 2. The van der Waals surface area contributed by atoms with Crippen molar-refractivity contribution in [3.05, 3.63) is 67.3 Å². The normalized spacial score (nSPS) is 13.5. The number of nitro groups is 1. The van der Waals surface area contributed by atoms with Crippen molar-refractivity contribution < 1.29 is 14.5 Å². The van der Waals surface area contributed by atoms with Crippen molar-refractivity contribution in [2.45, 2.75) is 13.0 Å². The van der Waals surface area contributed by atoms with Crippen molar-refractivity contribution in [2.24, 2.45) is 0 Å². The molecular formula is C19H17N5O4S2. The SMILES string of the molecule is O=C(CN1CCc2nc(NC(=O)c3ccsc3)sc2C1)Nc1cccc([N+](=O)[O-])c1. The molecule has 4 rings (SSSR count). The van der Waals surface area contributed by atoms with E-state index >= 15 is 0 Å². The number of fused-ring (bicyclic) bond motifs is 1. The van der Waals surface area contributed by atoms with Crippen LogP contribution < -0.4 is 10.6 Å². The van der Waals surface area contributed by atoms with E-state index in [1.165, 1.54) is 40.9 Å². The third-order valence-electron chi connectivity index (χ3n) is 4.52. The van der Waals surface area contributed by atoms with Gasteiger partial charge in [0.25, 0.3) is 11.6 Å². The summed E-state index contributed by atoms with van der Waals surface area (Å²) in [5.41, 5.74) is 1.86. The number of nitrogens with zero attached hydrogens (tertiary/aromatic N) is 3. The van der Waals surface area contributed by atoms with Gasteiger partial charge in [-0.3, -0.25) is 29.9 Å². The van der Waals surface area contributed by atoms with E-state index in [1.54, 1.807) is 17.5 Å². The molecule has 0 atom stereocenters. The predicted molar refractivity (Wildman–Crippen MR) is 115 cm³/mol. The summed E-state index contributed by atoms with van der Waals surface area (Å²) in [7, 11) is 0. The van der Waals surface area contributed by atoms with E-state index in [4.69, 9.17) is 0 Å². The van der Waals surface area contributed by atoms with Crippen molar-refractivity contribution in [1.29, 1.82) is 0 Å². The zero-order valence-electron chi connectivity index (χ0n) is 15.7. The zero-order chi connectivity index (χ0) is 21.1. The first kappa shape index (κ1) is 20.1. The largest absolute Gasteiger partial charge is 0.325 e. The molecular weight excluding hydrogens is 426 g/mol. The van der Waals surface area contributed by atoms with Gasteiger partial charge in [-0.1, -0.05) is 6.07 Å². The molecule has 0 fully saturated rings. The number of hydrogen-bond acceptors (Lipinski definition) is 8. The highest BCUT2D eigenvalue weighted by Crippen LogP contribution is 2.28. The average molecular weight is 444 g/mol. The van der Waals surface area contributed by atoms with Gasteiger partial charge in [0, 0.05) is 47.6 Å². The Morgan fingerprint density at radius 1 is 1.27 bits per heavy atom. The Kier molecular flexibility index (Phi) is 5.84. The van der Waals surface area contributed by atoms with Crippen molar-refractivity contribution in [3.63, 3.8) is 0 Å². The van der Waals surface area contributed by atoms with E-state index in [2.05, 4.69) is 15.6 Å². The quantitative estimate of drug-likeness (QED) is 0.446. The average Bonchev–Trinajstić information content (AvgIpc) is 3.37. The molecule has 0 aliphatic carbocycles. The van der Waals surface area contributed by atoms with Gasteiger partial charge in [-0.05, 0) is 17.5 Å². The highest BCUT2D eigenvalue weighted by atomic mass is 32.1. The van der Waals surface area contributed by atoms with Crippen LogP contribution in [0.15, 0.2) is 41.1 Å². The zero-order valence-corrected chi connectivity index (χ0v) is 17.3. The minimum Gasteiger partial charge on any atom is -0.325 e. The van der Waals surface area contributed by atoms with Gasteiger partial charge in [-0.2, -0.15) is 11.3 Å². The lowest BCUT2D eigenvalue weighted by atomic mass is 10.2. The predicted octanol–water partition coefficient (Wildman–Crippen LogP) is 3.36. The summed E-state index contributed by atoms with van der Waals surface area (Å²) in [6.07, 6.45) is 0.685. The molecule has 0 saturated carbocycles. The maximum Gasteiger partial charge on any atom is 0.271 e. The molecule has 3 aromatic rings. The first-order valence-electron chi connectivity index (χ1n) is 9.07. The maximum absolute atomic E-state index is 12.4. The lowest BCUT2D eigenvalue weighted by Gasteiger charge is -2.25. The molecule has 2 N–H and O–H groups in total. The van der Waals surface area contributed by atoms with Crippen molar-refractivity contribution in [3.8, 4) is 0 Å². The first-order chi connectivity index (χ1) is 14.5. The van der Waals surface area contributed by atoms with Crippen LogP contribution in [-0.2, 0) is 17.8 Å². The summed E-state index contributed by atoms with van der Waals surface area (Å²) in [5, 5.41) is 20.6. The second kappa shape index (κ2) is 8.69. The molecule has 0 saturated heterocycles. The van der Waals surface area contributed by atoms with Crippen LogP contribution >= 0.6 is 22.7 Å². The smallest absolute Gasteiger partial charge is 0.271 e. The summed E-state index contributed by atoms with van der Waals surface area (Å²) < 4.78 is 0. The minimum atomic E-state index is -0.500. The number of rotatable bonds is 6. The molecule has 0 spiro atoms. The lowest BCUT2D eigenvalue weighted by molar-refractivity contribution is -0.384. The number of amides is 2. The molecule has 0 unspecified atom stereocenters. The molecule has 9 nitrogen and oxygen atoms in total. The van der Waals surface area contributed by atoms with Crippen LogP contribution in [0.1, 0.15) is 20.9 Å². The van der Waals surface area contributed by atoms with Crippen LogP contribution in [0.25, 0.3) is 0 Å². The molecule has 0 bridgehead atoms. The summed E-state index contributed by atoms with van der Waals surface area (Å²) in [6.45, 7) is 1.39. The molecule has 0 radical (unpaired) electrons. The van der Waals surface area contributed by atoms with Crippen LogP contribution in [-0.4, -0.2) is 39.7 Å². The van der Waals surface area contributed by atoms with Gasteiger partial charge in [0.05, 0.1) is 22.7 Å². The number of thiazole rings is 1. The van der Waals surface area contributed by atoms with Crippen LogP contribution in [0.5, 0.6) is 0 Å². The third kappa shape index (κ3) is 4.70. The number of nitro benzene ring substituents is 1. The number of anilines is 2. The summed E-state index contributed by atoms with van der Waals surface area (Å²) in [4.78, 5) is 42.4. The van der Waals surface area contributed by atoms with Gasteiger partial charge in [0.15, 0.2) is 5.13 Å². The number of aromatic nitrogens is 1. The molecule has 1 aliphatic heterocycles. The molecule has 154 valence electrons. The second-order valence-corrected chi connectivity index (χ2v) is 8.53. The van der Waals surface area contributed by atoms with Crippen LogP contribution in [0.3, 0.4) is 0 Å². The number of carbonyl (C=O) groups is 2. The molecule has 11 heteroatoms. The van der Waals surface area contributed by atoms with Crippen LogP contribution in [0.2, 0.25) is 0 Å². The van der Waals surface area contributed by atoms with E-state index < -0.39 is 4.92 Å². The maximum atomic E-state index is 12.4. The fourth-order valence-corrected chi connectivity index (χ4v) is 4.78. The van der Waals surface area contributed by atoms with Gasteiger partial charge in [-0.25, -0.2) is 4.98 Å². The number of carbonyl (C=O) groups excluding carboxylic acids is 2. The molecule has 1 aromatic carbocycles.